The van der Waals surface area contributed by atoms with Gasteiger partial charge in [-0.2, -0.15) is 0 Å². The lowest BCUT2D eigenvalue weighted by Crippen LogP contribution is -2.31. The summed E-state index contributed by atoms with van der Waals surface area (Å²) in [7, 11) is -3.51. The minimum Gasteiger partial charge on any atom is -0.465 e. The van der Waals surface area contributed by atoms with Crippen molar-refractivity contribution in [3.8, 4) is 0 Å². The molecular formula is C14H19N2O4P. The van der Waals surface area contributed by atoms with Crippen molar-refractivity contribution in [1.82, 2.24) is 9.65 Å². The molecule has 1 N–H and O–H groups in total. The van der Waals surface area contributed by atoms with E-state index >= 15 is 0 Å². The Bertz CT molecular complexity index is 563. The van der Waals surface area contributed by atoms with Crippen molar-refractivity contribution in [2.45, 2.75) is 25.5 Å². The summed E-state index contributed by atoms with van der Waals surface area (Å²) in [6, 6.07) is 3.17. The maximum atomic E-state index is 13.1. The van der Waals surface area contributed by atoms with Crippen molar-refractivity contribution in [3.63, 3.8) is 0 Å². The number of hydrogen-bond donors (Lipinski definition) is 1. The van der Waals surface area contributed by atoms with Gasteiger partial charge in [0, 0.05) is 12.4 Å². The van der Waals surface area contributed by atoms with Crippen LogP contribution >= 0.6 is 7.52 Å². The second-order valence-electron chi connectivity index (χ2n) is 4.90. The lowest BCUT2D eigenvalue weighted by atomic mass is 10.3. The average molecular weight is 310 g/mol. The van der Waals surface area contributed by atoms with Crippen molar-refractivity contribution in [2.75, 3.05) is 6.61 Å². The minimum absolute atomic E-state index is 0.0291. The van der Waals surface area contributed by atoms with Gasteiger partial charge in [0.25, 0.3) is 0 Å². The highest BCUT2D eigenvalue weighted by Gasteiger charge is 2.50. The van der Waals surface area contributed by atoms with E-state index in [0.717, 1.165) is 4.67 Å². The van der Waals surface area contributed by atoms with E-state index < -0.39 is 13.6 Å². The first-order valence-corrected chi connectivity index (χ1v) is 8.55. The smallest absolute Gasteiger partial charge is 0.414 e. The third-order valence-corrected chi connectivity index (χ3v) is 5.93. The zero-order valence-electron chi connectivity index (χ0n) is 11.9. The summed E-state index contributed by atoms with van der Waals surface area (Å²) in [5.74, 6) is 0.0452. The molecule has 0 spiro atoms. The number of nitrogens with zero attached hydrogens (tertiary/aromatic N) is 2. The lowest BCUT2D eigenvalue weighted by molar-refractivity contribution is 0.160. The number of carbonyl (C=O) groups is 1. The first kappa shape index (κ1) is 15.7. The predicted molar refractivity (Wildman–Crippen MR) is 79.1 cm³/mol. The van der Waals surface area contributed by atoms with Crippen LogP contribution in [0.5, 0.6) is 0 Å². The van der Waals surface area contributed by atoms with Gasteiger partial charge in [-0.3, -0.25) is 9.55 Å². The van der Waals surface area contributed by atoms with Gasteiger partial charge in [0.15, 0.2) is 0 Å². The molecule has 0 aliphatic heterocycles. The molecule has 3 unspecified atom stereocenters. The van der Waals surface area contributed by atoms with Gasteiger partial charge in [-0.15, -0.1) is 6.58 Å². The molecular weight excluding hydrogens is 291 g/mol. The Morgan fingerprint density at radius 1 is 1.71 bits per heavy atom. The van der Waals surface area contributed by atoms with Crippen molar-refractivity contribution < 1.29 is 19.0 Å². The highest BCUT2D eigenvalue weighted by molar-refractivity contribution is 7.56. The molecule has 7 heteroatoms. The largest absolute Gasteiger partial charge is 0.465 e. The molecule has 21 heavy (non-hydrogen) atoms. The minimum atomic E-state index is -3.51. The Kier molecular flexibility index (Phi) is 4.80. The van der Waals surface area contributed by atoms with E-state index in [2.05, 4.69) is 11.6 Å². The van der Waals surface area contributed by atoms with Gasteiger partial charge >= 0.3 is 13.6 Å². The Morgan fingerprint density at radius 2 is 2.48 bits per heavy atom. The summed E-state index contributed by atoms with van der Waals surface area (Å²) >= 11 is 0. The molecule has 1 fully saturated rings. The van der Waals surface area contributed by atoms with E-state index in [0.29, 0.717) is 12.0 Å². The Labute approximate surface area is 124 Å². The number of rotatable bonds is 7. The van der Waals surface area contributed by atoms with Crippen LogP contribution in [0, 0.1) is 5.92 Å². The molecule has 6 nitrogen and oxygen atoms in total. The van der Waals surface area contributed by atoms with E-state index in [4.69, 9.17) is 4.52 Å². The molecule has 1 aromatic heterocycles. The van der Waals surface area contributed by atoms with Crippen molar-refractivity contribution >= 4 is 13.6 Å². The van der Waals surface area contributed by atoms with Gasteiger partial charge in [-0.05, 0) is 30.9 Å². The van der Waals surface area contributed by atoms with Crippen LogP contribution in [0.2, 0.25) is 0 Å². The van der Waals surface area contributed by atoms with Gasteiger partial charge in [0.05, 0.1) is 18.8 Å². The van der Waals surface area contributed by atoms with Gasteiger partial charge < -0.3 is 9.63 Å². The molecule has 2 rings (SSSR count). The van der Waals surface area contributed by atoms with E-state index in [9.17, 15) is 14.5 Å². The van der Waals surface area contributed by atoms with Crippen molar-refractivity contribution in [1.29, 1.82) is 0 Å². The van der Waals surface area contributed by atoms with E-state index in [1.165, 1.54) is 0 Å². The molecule has 1 saturated carbocycles. The summed E-state index contributed by atoms with van der Waals surface area (Å²) in [6.45, 7) is 5.56. The Hall–Kier alpha value is -1.65. The van der Waals surface area contributed by atoms with Gasteiger partial charge in [-0.1, -0.05) is 12.1 Å². The number of amides is 1. The predicted octanol–water partition coefficient (Wildman–Crippen LogP) is 3.37. The Morgan fingerprint density at radius 3 is 2.95 bits per heavy atom. The van der Waals surface area contributed by atoms with Crippen molar-refractivity contribution in [2.24, 2.45) is 5.92 Å². The number of hydrogen-bond acceptors (Lipinski definition) is 4. The SMILES string of the molecule is C=CC1CC1N(C(=O)O)P(=O)(Cc1cccnc1)OCC. The first-order chi connectivity index (χ1) is 10.0. The molecule has 1 aliphatic rings. The van der Waals surface area contributed by atoms with Crippen LogP contribution in [0.25, 0.3) is 0 Å². The van der Waals surface area contributed by atoms with Crippen LogP contribution in [0.1, 0.15) is 18.9 Å². The van der Waals surface area contributed by atoms with Crippen LogP contribution < -0.4 is 0 Å². The highest BCUT2D eigenvalue weighted by Crippen LogP contribution is 2.59. The molecule has 1 aromatic rings. The third kappa shape index (κ3) is 3.52. The molecule has 1 aliphatic carbocycles. The van der Waals surface area contributed by atoms with Crippen molar-refractivity contribution in [3.05, 3.63) is 42.7 Å². The fourth-order valence-corrected chi connectivity index (χ4v) is 4.74. The van der Waals surface area contributed by atoms with Crippen LogP contribution in [-0.4, -0.2) is 33.5 Å². The molecule has 0 bridgehead atoms. The monoisotopic (exact) mass is 310 g/mol. The second-order valence-corrected chi connectivity index (χ2v) is 7.18. The molecule has 0 saturated heterocycles. The standard InChI is InChI=1S/C14H19N2O4P/c1-3-12-8-13(12)16(14(17)18)21(19,20-4-2)10-11-6-5-7-15-9-11/h3,5-7,9,12-13H,1,4,8,10H2,2H3,(H,17,18). The zero-order valence-corrected chi connectivity index (χ0v) is 12.8. The van der Waals surface area contributed by atoms with Crippen LogP contribution in [-0.2, 0) is 15.3 Å². The summed E-state index contributed by atoms with van der Waals surface area (Å²) in [6.07, 6.45) is 4.33. The third-order valence-electron chi connectivity index (χ3n) is 3.38. The average Bonchev–Trinajstić information content (AvgIpc) is 3.18. The van der Waals surface area contributed by atoms with E-state index in [-0.39, 0.29) is 24.7 Å². The molecule has 3 atom stereocenters. The quantitative estimate of drug-likeness (QED) is 0.617. The topological polar surface area (TPSA) is 79.7 Å². The maximum Gasteiger partial charge on any atom is 0.414 e. The van der Waals surface area contributed by atoms with Gasteiger partial charge in [-0.25, -0.2) is 9.46 Å². The fourth-order valence-electron chi connectivity index (χ4n) is 2.34. The number of pyridine rings is 1. The number of aromatic nitrogens is 1. The van der Waals surface area contributed by atoms with Crippen LogP contribution in [0.3, 0.4) is 0 Å². The molecule has 1 amide bonds. The molecule has 0 aromatic carbocycles. The first-order valence-electron chi connectivity index (χ1n) is 6.79. The van der Waals surface area contributed by atoms with E-state index in [1.54, 1.807) is 37.5 Å². The van der Waals surface area contributed by atoms with Gasteiger partial charge in [0.1, 0.15) is 0 Å². The fraction of sp³-hybridized carbons (Fsp3) is 0.429. The maximum absolute atomic E-state index is 13.1. The Balaban J connectivity index is 2.28. The lowest BCUT2D eigenvalue weighted by Gasteiger charge is -2.29. The van der Waals surface area contributed by atoms with Crippen LogP contribution in [0.4, 0.5) is 4.79 Å². The molecule has 0 radical (unpaired) electrons. The summed E-state index contributed by atoms with van der Waals surface area (Å²) in [5.41, 5.74) is 0.691. The summed E-state index contributed by atoms with van der Waals surface area (Å²) in [5, 5.41) is 9.46. The zero-order chi connectivity index (χ0) is 15.5. The normalized spacial score (nSPS) is 23.1. The highest BCUT2D eigenvalue weighted by atomic mass is 31.2. The molecule has 1 heterocycles. The van der Waals surface area contributed by atoms with E-state index in [1.807, 2.05) is 0 Å². The second kappa shape index (κ2) is 6.41. The number of carboxylic acid groups (broad SMARTS) is 1. The van der Waals surface area contributed by atoms with Gasteiger partial charge in [0.2, 0.25) is 0 Å². The summed E-state index contributed by atoms with van der Waals surface area (Å²) < 4.78 is 19.5. The molecule has 114 valence electrons. The summed E-state index contributed by atoms with van der Waals surface area (Å²) in [4.78, 5) is 15.5. The van der Waals surface area contributed by atoms with Crippen LogP contribution in [0.15, 0.2) is 37.2 Å².